The van der Waals surface area contributed by atoms with Crippen LogP contribution >= 0.6 is 0 Å². The first-order valence-electron chi connectivity index (χ1n) is 7.38. The SMILES string of the molecule is CCCCCCCCC(CCOCCOC)NN. The molecule has 18 heavy (non-hydrogen) atoms. The van der Waals surface area contributed by atoms with Gasteiger partial charge in [0.25, 0.3) is 0 Å². The van der Waals surface area contributed by atoms with E-state index in [-0.39, 0.29) is 0 Å². The average molecular weight is 260 g/mol. The number of rotatable bonds is 14. The van der Waals surface area contributed by atoms with Gasteiger partial charge in [0.2, 0.25) is 0 Å². The van der Waals surface area contributed by atoms with E-state index in [1.165, 1.54) is 38.5 Å². The summed E-state index contributed by atoms with van der Waals surface area (Å²) in [7, 11) is 1.69. The Labute approximate surface area is 113 Å². The highest BCUT2D eigenvalue weighted by molar-refractivity contribution is 4.63. The molecule has 0 aromatic carbocycles. The average Bonchev–Trinajstić information content (AvgIpc) is 2.40. The minimum atomic E-state index is 0.388. The van der Waals surface area contributed by atoms with Crippen molar-refractivity contribution >= 4 is 0 Å². The Bertz CT molecular complexity index is 157. The highest BCUT2D eigenvalue weighted by atomic mass is 16.5. The van der Waals surface area contributed by atoms with Crippen LogP contribution in [0.2, 0.25) is 0 Å². The van der Waals surface area contributed by atoms with Crippen LogP contribution < -0.4 is 11.3 Å². The molecule has 0 bridgehead atoms. The van der Waals surface area contributed by atoms with Crippen LogP contribution in [-0.2, 0) is 9.47 Å². The number of methoxy groups -OCH3 is 1. The third-order valence-corrected chi connectivity index (χ3v) is 3.18. The van der Waals surface area contributed by atoms with E-state index < -0.39 is 0 Å². The monoisotopic (exact) mass is 260 g/mol. The van der Waals surface area contributed by atoms with Crippen molar-refractivity contribution in [3.63, 3.8) is 0 Å². The fourth-order valence-electron chi connectivity index (χ4n) is 1.95. The third kappa shape index (κ3) is 12.3. The van der Waals surface area contributed by atoms with E-state index in [1.54, 1.807) is 7.11 Å². The molecule has 0 radical (unpaired) electrons. The van der Waals surface area contributed by atoms with E-state index in [2.05, 4.69) is 12.3 Å². The predicted molar refractivity (Wildman–Crippen MR) is 76.4 cm³/mol. The van der Waals surface area contributed by atoms with Crippen LogP contribution in [0, 0.1) is 0 Å². The minimum Gasteiger partial charge on any atom is -0.382 e. The molecule has 0 aliphatic heterocycles. The summed E-state index contributed by atoms with van der Waals surface area (Å²) >= 11 is 0. The molecular formula is C14H32N2O2. The molecule has 0 saturated heterocycles. The van der Waals surface area contributed by atoms with E-state index in [1.807, 2.05) is 0 Å². The van der Waals surface area contributed by atoms with Gasteiger partial charge in [-0.1, -0.05) is 45.4 Å². The predicted octanol–water partition coefficient (Wildman–Crippen LogP) is 2.62. The zero-order chi connectivity index (χ0) is 13.5. The lowest BCUT2D eigenvalue weighted by molar-refractivity contribution is 0.0653. The van der Waals surface area contributed by atoms with Crippen molar-refractivity contribution in [2.24, 2.45) is 5.84 Å². The molecule has 1 atom stereocenters. The first-order chi connectivity index (χ1) is 8.85. The van der Waals surface area contributed by atoms with Crippen molar-refractivity contribution in [3.05, 3.63) is 0 Å². The Hall–Kier alpha value is -0.160. The summed E-state index contributed by atoms with van der Waals surface area (Å²) in [6.07, 6.45) is 10.1. The van der Waals surface area contributed by atoms with Gasteiger partial charge in [-0.2, -0.15) is 0 Å². The number of ether oxygens (including phenoxy) is 2. The molecule has 4 nitrogen and oxygen atoms in total. The van der Waals surface area contributed by atoms with Crippen LogP contribution in [0.15, 0.2) is 0 Å². The minimum absolute atomic E-state index is 0.388. The molecule has 0 saturated carbocycles. The smallest absolute Gasteiger partial charge is 0.0700 e. The highest BCUT2D eigenvalue weighted by Crippen LogP contribution is 2.09. The Morgan fingerprint density at radius 1 is 0.944 bits per heavy atom. The summed E-state index contributed by atoms with van der Waals surface area (Å²) in [6, 6.07) is 0.388. The first-order valence-corrected chi connectivity index (χ1v) is 7.38. The molecule has 0 amide bonds. The van der Waals surface area contributed by atoms with Crippen LogP contribution in [0.3, 0.4) is 0 Å². The van der Waals surface area contributed by atoms with Gasteiger partial charge in [0.05, 0.1) is 13.2 Å². The summed E-state index contributed by atoms with van der Waals surface area (Å²) in [5.41, 5.74) is 2.88. The second-order valence-corrected chi connectivity index (χ2v) is 4.81. The molecule has 0 aliphatic carbocycles. The molecule has 0 fully saturated rings. The molecule has 110 valence electrons. The van der Waals surface area contributed by atoms with Gasteiger partial charge in [0.15, 0.2) is 0 Å². The normalized spacial score (nSPS) is 12.8. The molecule has 0 heterocycles. The van der Waals surface area contributed by atoms with Gasteiger partial charge >= 0.3 is 0 Å². The Balaban J connectivity index is 3.29. The van der Waals surface area contributed by atoms with Crippen LogP contribution in [-0.4, -0.2) is 33.0 Å². The first kappa shape index (κ1) is 17.8. The lowest BCUT2D eigenvalue weighted by Gasteiger charge is -2.15. The van der Waals surface area contributed by atoms with E-state index in [9.17, 15) is 0 Å². The molecule has 0 aromatic rings. The van der Waals surface area contributed by atoms with Crippen LogP contribution in [0.25, 0.3) is 0 Å². The van der Waals surface area contributed by atoms with Crippen molar-refractivity contribution in [1.29, 1.82) is 0 Å². The third-order valence-electron chi connectivity index (χ3n) is 3.18. The quantitative estimate of drug-likeness (QED) is 0.286. The topological polar surface area (TPSA) is 56.5 Å². The van der Waals surface area contributed by atoms with E-state index >= 15 is 0 Å². The van der Waals surface area contributed by atoms with Gasteiger partial charge in [-0.05, 0) is 12.8 Å². The maximum atomic E-state index is 5.55. The van der Waals surface area contributed by atoms with Crippen molar-refractivity contribution in [3.8, 4) is 0 Å². The van der Waals surface area contributed by atoms with Crippen LogP contribution in [0.1, 0.15) is 58.3 Å². The number of hydrogen-bond acceptors (Lipinski definition) is 4. The van der Waals surface area contributed by atoms with Gasteiger partial charge in [0.1, 0.15) is 0 Å². The zero-order valence-electron chi connectivity index (χ0n) is 12.2. The van der Waals surface area contributed by atoms with Gasteiger partial charge in [-0.15, -0.1) is 0 Å². The number of nitrogens with two attached hydrogens (primary N) is 1. The molecule has 0 aromatic heterocycles. The number of hydrazine groups is 1. The van der Waals surface area contributed by atoms with E-state index in [0.717, 1.165) is 19.4 Å². The fraction of sp³-hybridized carbons (Fsp3) is 1.00. The molecule has 1 unspecified atom stereocenters. The summed E-state index contributed by atoms with van der Waals surface area (Å²) in [5.74, 6) is 5.55. The largest absolute Gasteiger partial charge is 0.382 e. The van der Waals surface area contributed by atoms with E-state index in [0.29, 0.717) is 19.3 Å². The molecule has 0 spiro atoms. The van der Waals surface area contributed by atoms with Crippen molar-refractivity contribution in [1.82, 2.24) is 5.43 Å². The highest BCUT2D eigenvalue weighted by Gasteiger charge is 2.05. The second-order valence-electron chi connectivity index (χ2n) is 4.81. The summed E-state index contributed by atoms with van der Waals surface area (Å²) < 4.78 is 10.4. The number of nitrogens with one attached hydrogen (secondary N) is 1. The maximum Gasteiger partial charge on any atom is 0.0700 e. The standard InChI is InChI=1S/C14H32N2O2/c1-3-4-5-6-7-8-9-14(16-15)10-11-18-13-12-17-2/h14,16H,3-13,15H2,1-2H3. The summed E-state index contributed by atoms with van der Waals surface area (Å²) in [4.78, 5) is 0. The van der Waals surface area contributed by atoms with Gasteiger partial charge < -0.3 is 9.47 Å². The fourth-order valence-corrected chi connectivity index (χ4v) is 1.95. The lowest BCUT2D eigenvalue weighted by Crippen LogP contribution is -2.36. The van der Waals surface area contributed by atoms with Gasteiger partial charge in [-0.3, -0.25) is 11.3 Å². The molecule has 4 heteroatoms. The maximum absolute atomic E-state index is 5.55. The van der Waals surface area contributed by atoms with Crippen molar-refractivity contribution in [2.45, 2.75) is 64.3 Å². The van der Waals surface area contributed by atoms with Gasteiger partial charge in [0, 0.05) is 19.8 Å². The number of unbranched alkanes of at least 4 members (excludes halogenated alkanes) is 5. The molecule has 3 N–H and O–H groups in total. The van der Waals surface area contributed by atoms with Crippen LogP contribution in [0.4, 0.5) is 0 Å². The lowest BCUT2D eigenvalue weighted by atomic mass is 10.0. The second kappa shape index (κ2) is 14.9. The summed E-state index contributed by atoms with van der Waals surface area (Å²) in [5, 5.41) is 0. The molecular weight excluding hydrogens is 228 g/mol. The van der Waals surface area contributed by atoms with Gasteiger partial charge in [-0.25, -0.2) is 0 Å². The van der Waals surface area contributed by atoms with Crippen LogP contribution in [0.5, 0.6) is 0 Å². The van der Waals surface area contributed by atoms with E-state index in [4.69, 9.17) is 15.3 Å². The van der Waals surface area contributed by atoms with Crippen molar-refractivity contribution < 1.29 is 9.47 Å². The van der Waals surface area contributed by atoms with Crippen molar-refractivity contribution in [2.75, 3.05) is 26.9 Å². The molecule has 0 aliphatic rings. The Kier molecular flexibility index (Phi) is 14.8. The summed E-state index contributed by atoms with van der Waals surface area (Å²) in [6.45, 7) is 4.34. The Morgan fingerprint density at radius 3 is 2.33 bits per heavy atom. The Morgan fingerprint density at radius 2 is 1.67 bits per heavy atom. The number of hydrogen-bond donors (Lipinski definition) is 2. The molecule has 0 rings (SSSR count). The zero-order valence-corrected chi connectivity index (χ0v) is 12.2.